The van der Waals surface area contributed by atoms with Crippen LogP contribution in [0.15, 0.2) is 58.2 Å². The Balaban J connectivity index is 1.98. The van der Waals surface area contributed by atoms with E-state index in [1.165, 1.54) is 30.7 Å². The van der Waals surface area contributed by atoms with Crippen molar-refractivity contribution in [3.05, 3.63) is 70.0 Å². The normalized spacial score (nSPS) is 11.9. The van der Waals surface area contributed by atoms with Gasteiger partial charge in [0, 0.05) is 31.3 Å². The molecule has 0 aliphatic rings. The van der Waals surface area contributed by atoms with E-state index >= 15 is 0 Å². The summed E-state index contributed by atoms with van der Waals surface area (Å²) in [5, 5.41) is 0.846. The topological polar surface area (TPSA) is 88.7 Å². The van der Waals surface area contributed by atoms with Crippen molar-refractivity contribution in [2.75, 3.05) is 27.4 Å². The second-order valence-corrected chi connectivity index (χ2v) is 8.66. The number of aromatic amines is 1. The first kappa shape index (κ1) is 21.0. The smallest absolute Gasteiger partial charge is 0.252 e. The first-order valence-corrected chi connectivity index (χ1v) is 10.5. The number of methoxy groups -OCH3 is 2. The molecule has 0 saturated carbocycles. The number of benzene rings is 2. The number of fused-ring (bicyclic) bond motifs is 1. The molecule has 0 saturated heterocycles. The van der Waals surface area contributed by atoms with Gasteiger partial charge in [-0.25, -0.2) is 8.42 Å². The minimum absolute atomic E-state index is 0.0587. The van der Waals surface area contributed by atoms with Gasteiger partial charge in [-0.3, -0.25) is 4.79 Å². The molecular weight excluding hydrogens is 392 g/mol. The van der Waals surface area contributed by atoms with E-state index in [-0.39, 0.29) is 30.2 Å². The molecule has 154 valence electrons. The molecule has 2 aromatic carbocycles. The van der Waals surface area contributed by atoms with E-state index in [9.17, 15) is 13.2 Å². The number of pyridine rings is 1. The summed E-state index contributed by atoms with van der Waals surface area (Å²) in [6.45, 7) is 2.22. The zero-order valence-corrected chi connectivity index (χ0v) is 17.5. The minimum Gasteiger partial charge on any atom is -0.497 e. The number of hydrogen-bond donors (Lipinski definition) is 1. The molecule has 1 heterocycles. The highest BCUT2D eigenvalue weighted by atomic mass is 32.2. The molecule has 3 rings (SSSR count). The van der Waals surface area contributed by atoms with Crippen molar-refractivity contribution in [2.45, 2.75) is 18.4 Å². The highest BCUT2D eigenvalue weighted by Crippen LogP contribution is 2.21. The van der Waals surface area contributed by atoms with Crippen molar-refractivity contribution in [1.82, 2.24) is 9.29 Å². The summed E-state index contributed by atoms with van der Waals surface area (Å²) in [5.74, 6) is 0.564. The van der Waals surface area contributed by atoms with Crippen LogP contribution in [0.1, 0.15) is 11.1 Å². The lowest BCUT2D eigenvalue weighted by atomic mass is 10.1. The van der Waals surface area contributed by atoms with Crippen LogP contribution in [0.3, 0.4) is 0 Å². The minimum atomic E-state index is -3.83. The Bertz CT molecular complexity index is 1150. The SMILES string of the molecule is COCCN(Cc1cc2ccc(C)cc2[nH]c1=O)S(=O)(=O)c1ccc(OC)cc1. The zero-order valence-electron chi connectivity index (χ0n) is 16.6. The second-order valence-electron chi connectivity index (χ2n) is 6.72. The Morgan fingerprint density at radius 3 is 2.41 bits per heavy atom. The number of aromatic nitrogens is 1. The van der Waals surface area contributed by atoms with Gasteiger partial charge in [-0.05, 0) is 54.3 Å². The van der Waals surface area contributed by atoms with Crippen LogP contribution in [0.4, 0.5) is 0 Å². The van der Waals surface area contributed by atoms with Crippen molar-refractivity contribution < 1.29 is 17.9 Å². The fraction of sp³-hybridized carbons (Fsp3) is 0.286. The van der Waals surface area contributed by atoms with Gasteiger partial charge in [0.05, 0.1) is 18.6 Å². The van der Waals surface area contributed by atoms with Crippen molar-refractivity contribution >= 4 is 20.9 Å². The largest absolute Gasteiger partial charge is 0.497 e. The van der Waals surface area contributed by atoms with Gasteiger partial charge in [0.15, 0.2) is 0 Å². The summed E-state index contributed by atoms with van der Waals surface area (Å²) < 4.78 is 37.8. The summed E-state index contributed by atoms with van der Waals surface area (Å²) in [4.78, 5) is 15.5. The zero-order chi connectivity index (χ0) is 21.0. The monoisotopic (exact) mass is 416 g/mol. The molecule has 29 heavy (non-hydrogen) atoms. The molecule has 0 spiro atoms. The number of hydrogen-bond acceptors (Lipinski definition) is 5. The van der Waals surface area contributed by atoms with Crippen LogP contribution in [-0.4, -0.2) is 45.1 Å². The van der Waals surface area contributed by atoms with Crippen LogP contribution >= 0.6 is 0 Å². The second kappa shape index (κ2) is 8.77. The van der Waals surface area contributed by atoms with Crippen LogP contribution in [0.5, 0.6) is 5.75 Å². The van der Waals surface area contributed by atoms with Crippen molar-refractivity contribution in [3.8, 4) is 5.75 Å². The van der Waals surface area contributed by atoms with E-state index in [1.54, 1.807) is 18.2 Å². The molecule has 7 nitrogen and oxygen atoms in total. The van der Waals surface area contributed by atoms with Gasteiger partial charge in [-0.15, -0.1) is 0 Å². The summed E-state index contributed by atoms with van der Waals surface area (Å²) in [6, 6.07) is 13.6. The summed E-state index contributed by atoms with van der Waals surface area (Å²) in [7, 11) is -0.809. The maximum Gasteiger partial charge on any atom is 0.252 e. The first-order chi connectivity index (χ1) is 13.8. The molecule has 0 amide bonds. The van der Waals surface area contributed by atoms with Crippen molar-refractivity contribution in [1.29, 1.82) is 0 Å². The average molecular weight is 416 g/mol. The predicted molar refractivity (Wildman–Crippen MR) is 112 cm³/mol. The maximum absolute atomic E-state index is 13.2. The maximum atomic E-state index is 13.2. The van der Waals surface area contributed by atoms with Crippen LogP contribution in [0, 0.1) is 6.92 Å². The Morgan fingerprint density at radius 1 is 1.03 bits per heavy atom. The third kappa shape index (κ3) is 4.67. The van der Waals surface area contributed by atoms with E-state index in [0.29, 0.717) is 11.3 Å². The third-order valence-corrected chi connectivity index (χ3v) is 6.53. The van der Waals surface area contributed by atoms with Crippen LogP contribution < -0.4 is 10.3 Å². The lowest BCUT2D eigenvalue weighted by molar-refractivity contribution is 0.177. The molecule has 0 fully saturated rings. The highest BCUT2D eigenvalue weighted by molar-refractivity contribution is 7.89. The van der Waals surface area contributed by atoms with Gasteiger partial charge in [-0.2, -0.15) is 4.31 Å². The Hall–Kier alpha value is -2.68. The average Bonchev–Trinajstić information content (AvgIpc) is 2.71. The first-order valence-electron chi connectivity index (χ1n) is 9.11. The van der Waals surface area contributed by atoms with E-state index in [2.05, 4.69) is 4.98 Å². The lowest BCUT2D eigenvalue weighted by Crippen LogP contribution is -2.35. The van der Waals surface area contributed by atoms with E-state index in [0.717, 1.165) is 16.5 Å². The molecule has 0 radical (unpaired) electrons. The quantitative estimate of drug-likeness (QED) is 0.610. The third-order valence-electron chi connectivity index (χ3n) is 4.67. The molecule has 0 bridgehead atoms. The summed E-state index contributed by atoms with van der Waals surface area (Å²) in [6.07, 6.45) is 0. The van der Waals surface area contributed by atoms with Crippen molar-refractivity contribution in [2.24, 2.45) is 0 Å². The van der Waals surface area contributed by atoms with Gasteiger partial charge in [-0.1, -0.05) is 12.1 Å². The standard InChI is InChI=1S/C21H24N2O5S/c1-15-4-5-16-13-17(21(24)22-20(16)12-15)14-23(10-11-27-2)29(25,26)19-8-6-18(28-3)7-9-19/h4-9,12-13H,10-11,14H2,1-3H3,(H,22,24). The number of ether oxygens (including phenoxy) is 2. The number of aryl methyl sites for hydroxylation is 1. The number of H-pyrrole nitrogens is 1. The Morgan fingerprint density at radius 2 is 1.76 bits per heavy atom. The highest BCUT2D eigenvalue weighted by Gasteiger charge is 2.25. The number of sulfonamides is 1. The van der Waals surface area contributed by atoms with E-state index in [4.69, 9.17) is 9.47 Å². The van der Waals surface area contributed by atoms with Gasteiger partial charge in [0.25, 0.3) is 5.56 Å². The molecule has 3 aromatic rings. The summed E-state index contributed by atoms with van der Waals surface area (Å²) in [5.41, 5.74) is 1.81. The Labute approximate surface area is 169 Å². The van der Waals surface area contributed by atoms with E-state index in [1.807, 2.05) is 25.1 Å². The number of nitrogens with zero attached hydrogens (tertiary/aromatic N) is 1. The molecule has 0 atom stereocenters. The lowest BCUT2D eigenvalue weighted by Gasteiger charge is -2.22. The molecule has 0 aliphatic carbocycles. The van der Waals surface area contributed by atoms with E-state index < -0.39 is 10.0 Å². The Kier molecular flexibility index (Phi) is 6.36. The van der Waals surface area contributed by atoms with Gasteiger partial charge in [0.2, 0.25) is 10.0 Å². The molecule has 0 aliphatic heterocycles. The fourth-order valence-electron chi connectivity index (χ4n) is 3.04. The molecular formula is C21H24N2O5S. The van der Waals surface area contributed by atoms with Gasteiger partial charge < -0.3 is 14.5 Å². The fourth-order valence-corrected chi connectivity index (χ4v) is 4.44. The number of nitrogens with one attached hydrogen (secondary N) is 1. The predicted octanol–water partition coefficient (Wildman–Crippen LogP) is 2.68. The summed E-state index contributed by atoms with van der Waals surface area (Å²) >= 11 is 0. The van der Waals surface area contributed by atoms with Crippen LogP contribution in [0.25, 0.3) is 10.9 Å². The van der Waals surface area contributed by atoms with Gasteiger partial charge in [0.1, 0.15) is 5.75 Å². The van der Waals surface area contributed by atoms with Gasteiger partial charge >= 0.3 is 0 Å². The molecule has 8 heteroatoms. The molecule has 1 aromatic heterocycles. The van der Waals surface area contributed by atoms with Crippen molar-refractivity contribution in [3.63, 3.8) is 0 Å². The molecule has 1 N–H and O–H groups in total. The van der Waals surface area contributed by atoms with Crippen LogP contribution in [-0.2, 0) is 21.3 Å². The number of rotatable bonds is 8. The molecule has 0 unspecified atom stereocenters. The van der Waals surface area contributed by atoms with Crippen LogP contribution in [0.2, 0.25) is 0 Å².